The number of carbonyl (C=O) groups is 2. The van der Waals surface area contributed by atoms with Crippen molar-refractivity contribution in [1.29, 1.82) is 0 Å². The highest BCUT2D eigenvalue weighted by molar-refractivity contribution is 9.11. The summed E-state index contributed by atoms with van der Waals surface area (Å²) >= 11 is 6.79. The molecular formula is C14H10Br2Cl2O6S. The first kappa shape index (κ1) is 22.2. The average Bonchev–Trinajstić information content (AvgIpc) is 2.46. The van der Waals surface area contributed by atoms with Crippen LogP contribution in [0, 0.1) is 0 Å². The van der Waals surface area contributed by atoms with Gasteiger partial charge < -0.3 is 9.47 Å². The Morgan fingerprint density at radius 2 is 1.16 bits per heavy atom. The summed E-state index contributed by atoms with van der Waals surface area (Å²) in [6.45, 7) is 2.57. The fourth-order valence-electron chi connectivity index (χ4n) is 1.78. The molecule has 0 aliphatic carbocycles. The number of hydrogen-bond donors (Lipinski definition) is 0. The van der Waals surface area contributed by atoms with E-state index in [2.05, 4.69) is 53.2 Å². The van der Waals surface area contributed by atoms with Crippen LogP contribution in [0.5, 0.6) is 11.5 Å². The topological polar surface area (TPSA) is 86.7 Å². The molecule has 0 N–H and O–H groups in total. The number of carbonyl (C=O) groups excluding carboxylic acids is 2. The molecule has 0 heterocycles. The van der Waals surface area contributed by atoms with Gasteiger partial charge in [-0.15, -0.1) is 0 Å². The monoisotopic (exact) mass is 534 g/mol. The standard InChI is InChI=1S/C14H10Br2O4.Cl2O2S/c1-7(17)19-13-11(15)9-5-3-4-6-10(9)12(16)14(13)20-8(2)18;1-5(2,3)4/h3-6H,1-2H3;. The van der Waals surface area contributed by atoms with Gasteiger partial charge in [0.15, 0.2) is 11.5 Å². The van der Waals surface area contributed by atoms with E-state index in [-0.39, 0.29) is 11.5 Å². The number of rotatable bonds is 2. The van der Waals surface area contributed by atoms with Gasteiger partial charge in [0.05, 0.1) is 8.95 Å². The predicted octanol–water partition coefficient (Wildman–Crippen LogP) is 4.92. The average molecular weight is 537 g/mol. The zero-order valence-corrected chi connectivity index (χ0v) is 18.2. The van der Waals surface area contributed by atoms with Crippen LogP contribution in [-0.2, 0) is 17.9 Å². The van der Waals surface area contributed by atoms with Crippen molar-refractivity contribution in [3.05, 3.63) is 33.2 Å². The Morgan fingerprint density at radius 1 is 0.880 bits per heavy atom. The molecular weight excluding hydrogens is 527 g/mol. The van der Waals surface area contributed by atoms with Crippen LogP contribution in [0.15, 0.2) is 33.2 Å². The van der Waals surface area contributed by atoms with Crippen LogP contribution in [-0.4, -0.2) is 20.4 Å². The molecule has 0 aliphatic heterocycles. The summed E-state index contributed by atoms with van der Waals surface area (Å²) in [5.41, 5.74) is 0. The third-order valence-electron chi connectivity index (χ3n) is 2.50. The highest BCUT2D eigenvalue weighted by Gasteiger charge is 2.22. The van der Waals surface area contributed by atoms with Crippen molar-refractivity contribution in [2.24, 2.45) is 0 Å². The van der Waals surface area contributed by atoms with Gasteiger partial charge in [0.1, 0.15) is 0 Å². The Labute approximate surface area is 169 Å². The van der Waals surface area contributed by atoms with Crippen molar-refractivity contribution < 1.29 is 27.5 Å². The highest BCUT2D eigenvalue weighted by atomic mass is 79.9. The summed E-state index contributed by atoms with van der Waals surface area (Å²) in [7, 11) is 4.81. The first-order valence-corrected chi connectivity index (χ1v) is 11.0. The molecule has 0 bridgehead atoms. The summed E-state index contributed by atoms with van der Waals surface area (Å²) in [4.78, 5) is 22.5. The molecule has 0 aliphatic rings. The van der Waals surface area contributed by atoms with E-state index in [4.69, 9.17) is 17.9 Å². The lowest BCUT2D eigenvalue weighted by atomic mass is 10.1. The zero-order chi connectivity index (χ0) is 19.4. The zero-order valence-electron chi connectivity index (χ0n) is 12.7. The van der Waals surface area contributed by atoms with Gasteiger partial charge in [0.25, 0.3) is 0 Å². The number of benzene rings is 2. The second kappa shape index (κ2) is 9.18. The first-order valence-electron chi connectivity index (χ1n) is 6.32. The van der Waals surface area contributed by atoms with E-state index in [1.54, 1.807) is 0 Å². The van der Waals surface area contributed by atoms with Crippen molar-refractivity contribution in [2.45, 2.75) is 13.8 Å². The van der Waals surface area contributed by atoms with Gasteiger partial charge in [-0.1, -0.05) is 24.3 Å². The van der Waals surface area contributed by atoms with Gasteiger partial charge >= 0.3 is 20.2 Å². The lowest BCUT2D eigenvalue weighted by molar-refractivity contribution is -0.134. The largest absolute Gasteiger partial charge is 0.421 e. The molecule has 136 valence electrons. The maximum Gasteiger partial charge on any atom is 0.317 e. The minimum absolute atomic E-state index is 0.179. The SMILES string of the molecule is CC(=O)Oc1c(OC(C)=O)c(Br)c2ccccc2c1Br.O=S(=O)(Cl)Cl. The van der Waals surface area contributed by atoms with E-state index >= 15 is 0 Å². The van der Waals surface area contributed by atoms with Gasteiger partial charge in [-0.3, -0.25) is 9.59 Å². The number of halogens is 4. The lowest BCUT2D eigenvalue weighted by Gasteiger charge is -2.15. The van der Waals surface area contributed by atoms with E-state index < -0.39 is 20.2 Å². The number of fused-ring (bicyclic) bond motifs is 1. The molecule has 11 heteroatoms. The number of esters is 2. The van der Waals surface area contributed by atoms with E-state index in [1.807, 2.05) is 24.3 Å². The van der Waals surface area contributed by atoms with E-state index in [0.717, 1.165) is 10.8 Å². The molecule has 25 heavy (non-hydrogen) atoms. The number of hydrogen-bond acceptors (Lipinski definition) is 6. The molecule has 0 saturated carbocycles. The molecule has 6 nitrogen and oxygen atoms in total. The summed E-state index contributed by atoms with van der Waals surface area (Å²) in [5.74, 6) is -0.640. The van der Waals surface area contributed by atoms with Crippen LogP contribution < -0.4 is 9.47 Å². The second-order valence-electron chi connectivity index (χ2n) is 4.40. The molecule has 0 saturated heterocycles. The molecule has 0 radical (unpaired) electrons. The normalized spacial score (nSPS) is 10.6. The van der Waals surface area contributed by atoms with Gasteiger partial charge in [-0.05, 0) is 31.9 Å². The summed E-state index contributed by atoms with van der Waals surface area (Å²) in [6, 6.07) is 7.47. The maximum absolute atomic E-state index is 11.3. The Hall–Kier alpha value is -0.870. The molecule has 0 atom stereocenters. The van der Waals surface area contributed by atoms with Crippen molar-refractivity contribution >= 4 is 84.2 Å². The van der Waals surface area contributed by atoms with Gasteiger partial charge in [0.2, 0.25) is 0 Å². The van der Waals surface area contributed by atoms with Crippen molar-refractivity contribution in [2.75, 3.05) is 0 Å². The Morgan fingerprint density at radius 3 is 1.40 bits per heavy atom. The fourth-order valence-corrected chi connectivity index (χ4v) is 2.99. The molecule has 2 aromatic rings. The van der Waals surface area contributed by atoms with Crippen LogP contribution in [0.2, 0.25) is 0 Å². The molecule has 0 aromatic heterocycles. The molecule has 0 spiro atoms. The Balaban J connectivity index is 0.000000550. The second-order valence-corrected chi connectivity index (χ2v) is 9.65. The molecule has 0 unspecified atom stereocenters. The van der Waals surface area contributed by atoms with Gasteiger partial charge in [-0.25, -0.2) is 0 Å². The summed E-state index contributed by atoms with van der Waals surface area (Å²) < 4.78 is 29.8. The Kier molecular flexibility index (Phi) is 8.14. The smallest absolute Gasteiger partial charge is 0.317 e. The quantitative estimate of drug-likeness (QED) is 0.307. The van der Waals surface area contributed by atoms with Crippen LogP contribution >= 0.6 is 53.2 Å². The summed E-state index contributed by atoms with van der Waals surface area (Å²) in [6.07, 6.45) is 0. The number of ether oxygens (including phenoxy) is 2. The maximum atomic E-state index is 11.3. The van der Waals surface area contributed by atoms with Crippen LogP contribution in [0.1, 0.15) is 13.8 Å². The van der Waals surface area contributed by atoms with E-state index in [9.17, 15) is 9.59 Å². The van der Waals surface area contributed by atoms with Crippen LogP contribution in [0.25, 0.3) is 10.8 Å². The van der Waals surface area contributed by atoms with Crippen molar-refractivity contribution in [1.82, 2.24) is 0 Å². The summed E-state index contributed by atoms with van der Waals surface area (Å²) in [5, 5.41) is 1.68. The van der Waals surface area contributed by atoms with Crippen LogP contribution in [0.3, 0.4) is 0 Å². The van der Waals surface area contributed by atoms with Gasteiger partial charge in [0, 0.05) is 46.0 Å². The van der Waals surface area contributed by atoms with Crippen LogP contribution in [0.4, 0.5) is 0 Å². The highest BCUT2D eigenvalue weighted by Crippen LogP contribution is 2.47. The fraction of sp³-hybridized carbons (Fsp3) is 0.143. The molecule has 2 rings (SSSR count). The van der Waals surface area contributed by atoms with E-state index in [0.29, 0.717) is 8.95 Å². The van der Waals surface area contributed by atoms with E-state index in [1.165, 1.54) is 13.8 Å². The Bertz CT molecular complexity index is 862. The third-order valence-corrected chi connectivity index (χ3v) is 4.07. The molecule has 0 amide bonds. The predicted molar refractivity (Wildman–Crippen MR) is 103 cm³/mol. The minimum Gasteiger partial charge on any atom is -0.421 e. The van der Waals surface area contributed by atoms with Crippen molar-refractivity contribution in [3.8, 4) is 11.5 Å². The molecule has 0 fully saturated rings. The van der Waals surface area contributed by atoms with Gasteiger partial charge in [-0.2, -0.15) is 8.42 Å². The lowest BCUT2D eigenvalue weighted by Crippen LogP contribution is -2.08. The minimum atomic E-state index is -3.72. The van der Waals surface area contributed by atoms with Crippen molar-refractivity contribution in [3.63, 3.8) is 0 Å². The molecule has 2 aromatic carbocycles. The third kappa shape index (κ3) is 7.10. The first-order chi connectivity index (χ1) is 11.4.